The van der Waals surface area contributed by atoms with Gasteiger partial charge in [-0.2, -0.15) is 0 Å². The topological polar surface area (TPSA) is 90.1 Å². The van der Waals surface area contributed by atoms with Gasteiger partial charge in [0.15, 0.2) is 0 Å². The third kappa shape index (κ3) is 5.85. The molecule has 1 aromatic heterocycles. The highest BCUT2D eigenvalue weighted by Crippen LogP contribution is 2.07. The van der Waals surface area contributed by atoms with E-state index in [0.29, 0.717) is 6.54 Å². The van der Waals surface area contributed by atoms with Crippen molar-refractivity contribution in [3.8, 4) is 0 Å². The Kier molecular flexibility index (Phi) is 4.86. The Morgan fingerprint density at radius 2 is 2.21 bits per heavy atom. The number of amides is 1. The van der Waals surface area contributed by atoms with Gasteiger partial charge in [0, 0.05) is 18.3 Å². The van der Waals surface area contributed by atoms with Crippen molar-refractivity contribution in [3.63, 3.8) is 0 Å². The number of aryl methyl sites for hydroxylation is 1. The zero-order valence-corrected chi connectivity index (χ0v) is 11.7. The van der Waals surface area contributed by atoms with Crippen LogP contribution in [0.5, 0.6) is 0 Å². The quantitative estimate of drug-likeness (QED) is 0.870. The van der Waals surface area contributed by atoms with Crippen LogP contribution in [0.2, 0.25) is 0 Å². The normalized spacial score (nSPS) is 11.6. The second kappa shape index (κ2) is 6.17. The van der Waals surface area contributed by atoms with Gasteiger partial charge in [-0.3, -0.25) is 0 Å². The van der Waals surface area contributed by atoms with Gasteiger partial charge in [0.25, 0.3) is 0 Å². The van der Waals surface area contributed by atoms with Crippen LogP contribution in [0, 0.1) is 6.92 Å². The lowest BCUT2D eigenvalue weighted by Crippen LogP contribution is -2.32. The molecule has 1 heterocycles. The third-order valence-electron chi connectivity index (χ3n) is 2.10. The molecule has 0 aromatic carbocycles. The number of carbonyl (C=O) groups is 1. The summed E-state index contributed by atoms with van der Waals surface area (Å²) >= 11 is 0. The highest BCUT2D eigenvalue weighted by molar-refractivity contribution is 5.68. The van der Waals surface area contributed by atoms with Crippen molar-refractivity contribution in [2.75, 3.05) is 12.3 Å². The number of rotatable bonds is 3. The number of alkyl carbamates (subject to hydrolysis) is 1. The first kappa shape index (κ1) is 14.9. The molecule has 0 bridgehead atoms. The fraction of sp³-hybridized carbons (Fsp3) is 0.462. The average Bonchev–Trinajstić information content (AvgIpc) is 2.24. The molecule has 0 aliphatic heterocycles. The van der Waals surface area contributed by atoms with Crippen molar-refractivity contribution >= 4 is 18.1 Å². The molecule has 0 spiro atoms. The van der Waals surface area contributed by atoms with Gasteiger partial charge in [-0.1, -0.05) is 12.2 Å². The Morgan fingerprint density at radius 1 is 1.53 bits per heavy atom. The first-order valence-corrected chi connectivity index (χ1v) is 6.00. The summed E-state index contributed by atoms with van der Waals surface area (Å²) in [5.74, 6) is 0.251. The molecule has 0 fully saturated rings. The molecule has 1 aromatic rings. The van der Waals surface area contributed by atoms with Crippen molar-refractivity contribution in [1.29, 1.82) is 0 Å². The standard InChI is InChI=1S/C13H20N4O2/c1-9-10(8-16-11(14)17-9)6-5-7-15-12(18)19-13(2,3)4/h5-6,8H,7H2,1-4H3,(H,15,18)(H2,14,16,17). The fourth-order valence-electron chi connectivity index (χ4n) is 1.30. The smallest absolute Gasteiger partial charge is 0.407 e. The summed E-state index contributed by atoms with van der Waals surface area (Å²) in [6.07, 6.45) is 4.82. The van der Waals surface area contributed by atoms with Gasteiger partial charge in [0.1, 0.15) is 5.60 Å². The molecule has 3 N–H and O–H groups in total. The molecule has 1 rings (SSSR count). The Morgan fingerprint density at radius 3 is 2.79 bits per heavy atom. The SMILES string of the molecule is Cc1nc(N)ncc1C=CCNC(=O)OC(C)(C)C. The largest absolute Gasteiger partial charge is 0.444 e. The van der Waals surface area contributed by atoms with Gasteiger partial charge < -0.3 is 15.8 Å². The highest BCUT2D eigenvalue weighted by Gasteiger charge is 2.14. The van der Waals surface area contributed by atoms with Crippen molar-refractivity contribution < 1.29 is 9.53 Å². The van der Waals surface area contributed by atoms with Crippen molar-refractivity contribution in [3.05, 3.63) is 23.5 Å². The Hall–Kier alpha value is -2.11. The molecule has 0 saturated heterocycles. The van der Waals surface area contributed by atoms with Crippen LogP contribution in [0.15, 0.2) is 12.3 Å². The van der Waals surface area contributed by atoms with E-state index in [0.717, 1.165) is 11.3 Å². The van der Waals surface area contributed by atoms with Crippen LogP contribution in [0.4, 0.5) is 10.7 Å². The molecule has 0 saturated carbocycles. The van der Waals surface area contributed by atoms with E-state index in [1.807, 2.05) is 33.8 Å². The van der Waals surface area contributed by atoms with E-state index in [2.05, 4.69) is 15.3 Å². The lowest BCUT2D eigenvalue weighted by atomic mass is 10.2. The monoisotopic (exact) mass is 264 g/mol. The van der Waals surface area contributed by atoms with Gasteiger partial charge in [0.2, 0.25) is 5.95 Å². The molecule has 6 nitrogen and oxygen atoms in total. The number of nitrogens with zero attached hydrogens (tertiary/aromatic N) is 2. The molecule has 0 aliphatic carbocycles. The summed E-state index contributed by atoms with van der Waals surface area (Å²) in [7, 11) is 0. The third-order valence-corrected chi connectivity index (χ3v) is 2.10. The summed E-state index contributed by atoms with van der Waals surface area (Å²) in [6, 6.07) is 0. The number of nitrogen functional groups attached to an aromatic ring is 1. The Balaban J connectivity index is 2.44. The van der Waals surface area contributed by atoms with Crippen LogP contribution in [0.1, 0.15) is 32.0 Å². The van der Waals surface area contributed by atoms with E-state index < -0.39 is 11.7 Å². The first-order valence-electron chi connectivity index (χ1n) is 6.00. The average molecular weight is 264 g/mol. The molecule has 6 heteroatoms. The van der Waals surface area contributed by atoms with Crippen LogP contribution < -0.4 is 11.1 Å². The number of carbonyl (C=O) groups excluding carboxylic acids is 1. The van der Waals surface area contributed by atoms with E-state index in [1.54, 1.807) is 12.3 Å². The minimum atomic E-state index is -0.491. The van der Waals surface area contributed by atoms with Crippen LogP contribution in [0.3, 0.4) is 0 Å². The second-order valence-electron chi connectivity index (χ2n) is 5.05. The van der Waals surface area contributed by atoms with Gasteiger partial charge in [0.05, 0.1) is 5.69 Å². The molecule has 19 heavy (non-hydrogen) atoms. The molecule has 0 radical (unpaired) electrons. The lowest BCUT2D eigenvalue weighted by Gasteiger charge is -2.19. The fourth-order valence-corrected chi connectivity index (χ4v) is 1.30. The van der Waals surface area contributed by atoms with Crippen LogP contribution in [0.25, 0.3) is 6.08 Å². The van der Waals surface area contributed by atoms with E-state index in [9.17, 15) is 4.79 Å². The summed E-state index contributed by atoms with van der Waals surface area (Å²) < 4.78 is 5.10. The number of aromatic nitrogens is 2. The van der Waals surface area contributed by atoms with Crippen LogP contribution >= 0.6 is 0 Å². The van der Waals surface area contributed by atoms with E-state index in [-0.39, 0.29) is 5.95 Å². The van der Waals surface area contributed by atoms with Gasteiger partial charge in [-0.15, -0.1) is 0 Å². The van der Waals surface area contributed by atoms with Crippen molar-refractivity contribution in [1.82, 2.24) is 15.3 Å². The number of anilines is 1. The van der Waals surface area contributed by atoms with E-state index in [1.165, 1.54) is 0 Å². The zero-order valence-electron chi connectivity index (χ0n) is 11.7. The van der Waals surface area contributed by atoms with E-state index >= 15 is 0 Å². The predicted octanol–water partition coefficient (Wildman–Crippen LogP) is 1.91. The second-order valence-corrected chi connectivity index (χ2v) is 5.05. The summed E-state index contributed by atoms with van der Waals surface area (Å²) in [6.45, 7) is 7.67. The number of nitrogens with two attached hydrogens (primary N) is 1. The summed E-state index contributed by atoms with van der Waals surface area (Å²) in [4.78, 5) is 19.3. The summed E-state index contributed by atoms with van der Waals surface area (Å²) in [5.41, 5.74) is 6.62. The highest BCUT2D eigenvalue weighted by atomic mass is 16.6. The molecule has 104 valence electrons. The summed E-state index contributed by atoms with van der Waals surface area (Å²) in [5, 5.41) is 2.63. The number of hydrogen-bond donors (Lipinski definition) is 2. The maximum absolute atomic E-state index is 11.4. The van der Waals surface area contributed by atoms with Gasteiger partial charge >= 0.3 is 6.09 Å². The van der Waals surface area contributed by atoms with Gasteiger partial charge in [-0.25, -0.2) is 14.8 Å². The maximum atomic E-state index is 11.4. The molecule has 0 atom stereocenters. The van der Waals surface area contributed by atoms with Gasteiger partial charge in [-0.05, 0) is 27.7 Å². The Bertz CT molecular complexity index is 478. The van der Waals surface area contributed by atoms with E-state index in [4.69, 9.17) is 10.5 Å². The molecule has 0 unspecified atom stereocenters. The number of nitrogens with one attached hydrogen (secondary N) is 1. The van der Waals surface area contributed by atoms with Crippen LogP contribution in [-0.2, 0) is 4.74 Å². The number of hydrogen-bond acceptors (Lipinski definition) is 5. The Labute approximate surface area is 113 Å². The molecular formula is C13H20N4O2. The zero-order chi connectivity index (χ0) is 14.5. The molecular weight excluding hydrogens is 244 g/mol. The maximum Gasteiger partial charge on any atom is 0.407 e. The predicted molar refractivity (Wildman–Crippen MR) is 74.5 cm³/mol. The number of ether oxygens (including phenoxy) is 1. The first-order chi connectivity index (χ1) is 8.78. The van der Waals surface area contributed by atoms with Crippen molar-refractivity contribution in [2.45, 2.75) is 33.3 Å². The minimum absolute atomic E-state index is 0.251. The lowest BCUT2D eigenvalue weighted by molar-refractivity contribution is 0.0534. The van der Waals surface area contributed by atoms with Crippen LogP contribution in [-0.4, -0.2) is 28.2 Å². The molecule has 0 aliphatic rings. The minimum Gasteiger partial charge on any atom is -0.444 e. The molecule has 1 amide bonds. The van der Waals surface area contributed by atoms with Crippen molar-refractivity contribution in [2.24, 2.45) is 0 Å².